The van der Waals surface area contributed by atoms with Crippen LogP contribution in [0.4, 0.5) is 0 Å². The number of nitrogens with zero attached hydrogens (tertiary/aromatic N) is 1. The Balaban J connectivity index is 1.98. The molecular weight excluding hydrogens is 348 g/mol. The third kappa shape index (κ3) is 3.51. The number of aromatic nitrogens is 1. The molecule has 1 aromatic heterocycles. The van der Waals surface area contributed by atoms with E-state index in [1.807, 2.05) is 55.7 Å². The molecule has 0 fully saturated rings. The van der Waals surface area contributed by atoms with E-state index in [2.05, 4.69) is 5.32 Å². The molecule has 1 atom stereocenters. The minimum absolute atomic E-state index is 0.158. The fourth-order valence-electron chi connectivity index (χ4n) is 3.04. The number of carbonyl (C=O) groups excluding carboxylic acids is 1. The Morgan fingerprint density at radius 2 is 1.88 bits per heavy atom. The fourth-order valence-corrected chi connectivity index (χ4v) is 3.17. The quantitative estimate of drug-likeness (QED) is 0.738. The first kappa shape index (κ1) is 18.2. The predicted molar refractivity (Wildman–Crippen MR) is 106 cm³/mol. The Morgan fingerprint density at radius 3 is 2.54 bits per heavy atom. The molecule has 134 valence electrons. The summed E-state index contributed by atoms with van der Waals surface area (Å²) >= 11 is 5.91. The van der Waals surface area contributed by atoms with E-state index in [1.54, 1.807) is 18.3 Å². The maximum atomic E-state index is 12.9. The molecule has 0 radical (unpaired) electrons. The van der Waals surface area contributed by atoms with E-state index < -0.39 is 0 Å². The number of aryl methyl sites for hydroxylation is 2. The van der Waals surface area contributed by atoms with Crippen molar-refractivity contribution in [3.05, 3.63) is 80.6 Å². The normalized spacial score (nSPS) is 12.2. The van der Waals surface area contributed by atoms with E-state index in [9.17, 15) is 9.59 Å². The lowest BCUT2D eigenvalue weighted by Gasteiger charge is -2.16. The topological polar surface area (TPSA) is 51.1 Å². The number of hydrogen-bond donors (Lipinski definition) is 1. The lowest BCUT2D eigenvalue weighted by atomic mass is 10.1. The number of nitrogens with one attached hydrogen (secondary N) is 1. The van der Waals surface area contributed by atoms with Crippen LogP contribution in [-0.2, 0) is 6.54 Å². The van der Waals surface area contributed by atoms with E-state index >= 15 is 0 Å². The van der Waals surface area contributed by atoms with Crippen LogP contribution in [0.25, 0.3) is 10.9 Å². The Kier molecular flexibility index (Phi) is 5.14. The van der Waals surface area contributed by atoms with E-state index in [-0.39, 0.29) is 22.9 Å². The second kappa shape index (κ2) is 7.34. The molecule has 1 amide bonds. The molecule has 1 heterocycles. The highest BCUT2D eigenvalue weighted by Gasteiger charge is 2.17. The van der Waals surface area contributed by atoms with Crippen molar-refractivity contribution in [1.29, 1.82) is 0 Å². The Morgan fingerprint density at radius 1 is 1.19 bits per heavy atom. The molecule has 26 heavy (non-hydrogen) atoms. The van der Waals surface area contributed by atoms with Gasteiger partial charge in [-0.05, 0) is 50.6 Å². The van der Waals surface area contributed by atoms with Crippen LogP contribution in [0.1, 0.15) is 41.4 Å². The number of carbonyl (C=O) groups is 1. The molecule has 5 heteroatoms. The van der Waals surface area contributed by atoms with Crippen molar-refractivity contribution in [2.45, 2.75) is 33.4 Å². The van der Waals surface area contributed by atoms with Gasteiger partial charge in [0.25, 0.3) is 5.91 Å². The zero-order valence-corrected chi connectivity index (χ0v) is 15.8. The SMILES string of the molecule is CCn1cc(C(=O)N[C@@H](C)c2ccc(Cl)cc2)c(=O)c2cc(C)ccc21. The minimum Gasteiger partial charge on any atom is -0.347 e. The first-order valence-corrected chi connectivity index (χ1v) is 8.98. The number of pyridine rings is 1. The van der Waals surface area contributed by atoms with Gasteiger partial charge in [-0.15, -0.1) is 0 Å². The third-order valence-corrected chi connectivity index (χ3v) is 4.79. The monoisotopic (exact) mass is 368 g/mol. The van der Waals surface area contributed by atoms with Crippen molar-refractivity contribution in [1.82, 2.24) is 9.88 Å². The van der Waals surface area contributed by atoms with Gasteiger partial charge in [0.15, 0.2) is 0 Å². The average Bonchev–Trinajstić information content (AvgIpc) is 2.62. The van der Waals surface area contributed by atoms with Crippen molar-refractivity contribution in [3.63, 3.8) is 0 Å². The molecule has 0 spiro atoms. The fraction of sp³-hybridized carbons (Fsp3) is 0.238. The lowest BCUT2D eigenvalue weighted by molar-refractivity contribution is 0.0938. The number of amides is 1. The first-order valence-electron chi connectivity index (χ1n) is 8.61. The summed E-state index contributed by atoms with van der Waals surface area (Å²) in [7, 11) is 0. The summed E-state index contributed by atoms with van der Waals surface area (Å²) in [6.07, 6.45) is 1.64. The third-order valence-electron chi connectivity index (χ3n) is 4.54. The lowest BCUT2D eigenvalue weighted by Crippen LogP contribution is -2.31. The van der Waals surface area contributed by atoms with Crippen molar-refractivity contribution >= 4 is 28.4 Å². The molecular formula is C21H21ClN2O2. The summed E-state index contributed by atoms with van der Waals surface area (Å²) in [5.74, 6) is -0.372. The summed E-state index contributed by atoms with van der Waals surface area (Å²) in [6, 6.07) is 12.8. The Bertz CT molecular complexity index is 1020. The molecule has 1 N–H and O–H groups in total. The van der Waals surface area contributed by atoms with Gasteiger partial charge in [-0.3, -0.25) is 9.59 Å². The number of halogens is 1. The Hall–Kier alpha value is -2.59. The summed E-state index contributed by atoms with van der Waals surface area (Å²) in [5, 5.41) is 4.12. The van der Waals surface area contributed by atoms with Gasteiger partial charge < -0.3 is 9.88 Å². The molecule has 0 aliphatic carbocycles. The second-order valence-electron chi connectivity index (χ2n) is 6.43. The maximum Gasteiger partial charge on any atom is 0.257 e. The van der Waals surface area contributed by atoms with Crippen LogP contribution >= 0.6 is 11.6 Å². The number of benzene rings is 2. The van der Waals surface area contributed by atoms with Gasteiger partial charge in [0.1, 0.15) is 5.56 Å². The van der Waals surface area contributed by atoms with Crippen molar-refractivity contribution in [3.8, 4) is 0 Å². The van der Waals surface area contributed by atoms with E-state index in [1.165, 1.54) is 0 Å². The first-order chi connectivity index (χ1) is 12.4. The second-order valence-corrected chi connectivity index (χ2v) is 6.86. The van der Waals surface area contributed by atoms with E-state index in [0.717, 1.165) is 16.6 Å². The molecule has 4 nitrogen and oxygen atoms in total. The molecule has 0 unspecified atom stereocenters. The molecule has 0 saturated carbocycles. The van der Waals surface area contributed by atoms with Gasteiger partial charge in [0, 0.05) is 23.2 Å². The summed E-state index contributed by atoms with van der Waals surface area (Å²) in [5.41, 5.74) is 2.67. The summed E-state index contributed by atoms with van der Waals surface area (Å²) in [6.45, 7) is 6.48. The van der Waals surface area contributed by atoms with Crippen molar-refractivity contribution in [2.75, 3.05) is 0 Å². The highest BCUT2D eigenvalue weighted by atomic mass is 35.5. The smallest absolute Gasteiger partial charge is 0.257 e. The summed E-state index contributed by atoms with van der Waals surface area (Å²) < 4.78 is 1.93. The standard InChI is InChI=1S/C21H21ClN2O2/c1-4-24-12-18(20(25)17-11-13(2)5-10-19(17)24)21(26)23-14(3)15-6-8-16(22)9-7-15/h5-12,14H,4H2,1-3H3,(H,23,26)/t14-/m0/s1. The van der Waals surface area contributed by atoms with Gasteiger partial charge in [0.05, 0.1) is 11.6 Å². The van der Waals surface area contributed by atoms with Crippen LogP contribution in [0.2, 0.25) is 5.02 Å². The van der Waals surface area contributed by atoms with E-state index in [4.69, 9.17) is 11.6 Å². The molecule has 3 rings (SSSR count). The van der Waals surface area contributed by atoms with Gasteiger partial charge >= 0.3 is 0 Å². The molecule has 2 aromatic carbocycles. The zero-order valence-electron chi connectivity index (χ0n) is 15.0. The van der Waals surface area contributed by atoms with Gasteiger partial charge in [-0.1, -0.05) is 35.4 Å². The maximum absolute atomic E-state index is 12.9. The van der Waals surface area contributed by atoms with Crippen LogP contribution in [0.15, 0.2) is 53.5 Å². The number of hydrogen-bond acceptors (Lipinski definition) is 2. The van der Waals surface area contributed by atoms with Crippen LogP contribution in [0, 0.1) is 6.92 Å². The highest BCUT2D eigenvalue weighted by Crippen LogP contribution is 2.18. The van der Waals surface area contributed by atoms with Crippen LogP contribution in [-0.4, -0.2) is 10.5 Å². The average molecular weight is 369 g/mol. The van der Waals surface area contributed by atoms with Gasteiger partial charge in [-0.2, -0.15) is 0 Å². The zero-order chi connectivity index (χ0) is 18.8. The molecule has 0 saturated heterocycles. The van der Waals surface area contributed by atoms with E-state index in [0.29, 0.717) is 17.0 Å². The van der Waals surface area contributed by atoms with Gasteiger partial charge in [0.2, 0.25) is 5.43 Å². The van der Waals surface area contributed by atoms with Crippen molar-refractivity contribution in [2.24, 2.45) is 0 Å². The number of rotatable bonds is 4. The predicted octanol–water partition coefficient (Wildman–Crippen LogP) is 4.47. The minimum atomic E-state index is -0.372. The Labute approximate surface area is 157 Å². The van der Waals surface area contributed by atoms with Crippen molar-refractivity contribution < 1.29 is 4.79 Å². The molecule has 0 aliphatic rings. The molecule has 3 aromatic rings. The van der Waals surface area contributed by atoms with Crippen LogP contribution < -0.4 is 10.7 Å². The summed E-state index contributed by atoms with van der Waals surface area (Å²) in [4.78, 5) is 25.6. The van der Waals surface area contributed by atoms with Gasteiger partial charge in [-0.25, -0.2) is 0 Å². The highest BCUT2D eigenvalue weighted by molar-refractivity contribution is 6.30. The number of fused-ring (bicyclic) bond motifs is 1. The largest absolute Gasteiger partial charge is 0.347 e. The van der Waals surface area contributed by atoms with Crippen LogP contribution in [0.5, 0.6) is 0 Å². The van der Waals surface area contributed by atoms with Crippen LogP contribution in [0.3, 0.4) is 0 Å². The molecule has 0 aliphatic heterocycles. The molecule has 0 bridgehead atoms.